The molecule has 2 unspecified atom stereocenters. The second-order valence-electron chi connectivity index (χ2n) is 10.7. The minimum atomic E-state index is -3.93. The van der Waals surface area contributed by atoms with Crippen molar-refractivity contribution in [2.75, 3.05) is 33.4 Å². The molecule has 0 saturated heterocycles. The first kappa shape index (κ1) is 31.3. The van der Waals surface area contributed by atoms with Gasteiger partial charge in [0.05, 0.1) is 49.1 Å². The number of H-pyrrole nitrogens is 1. The molecule has 3 aromatic carbocycles. The van der Waals surface area contributed by atoms with Gasteiger partial charge < -0.3 is 34.0 Å². The second kappa shape index (κ2) is 13.7. The number of rotatable bonds is 13. The number of amides is 1. The van der Waals surface area contributed by atoms with Crippen molar-refractivity contribution in [2.24, 2.45) is 0 Å². The number of hydrogen-bond acceptors (Lipinski definition) is 9. The van der Waals surface area contributed by atoms with Crippen LogP contribution in [0.25, 0.3) is 22.0 Å². The standard InChI is InChI=1S/C33H34N4O8S/c1-42-23-10-12-24(13-11-23)46(40,41)37(14-16-38)15-17-43-32-19-22(26-21-44-29-9-5-2-6-25(26)29)18-30(45-32)33(39)34-20-31-35-27-7-3-4-8-28(27)36-31/h2-13,18,21-22,32,38H,14-17,19-20H2,1H3,(H,34,39)(H,35,36). The highest BCUT2D eigenvalue weighted by Gasteiger charge is 2.31. The van der Waals surface area contributed by atoms with E-state index in [0.717, 1.165) is 26.3 Å². The summed E-state index contributed by atoms with van der Waals surface area (Å²) in [5.41, 5.74) is 3.25. The molecule has 2 atom stereocenters. The first-order valence-corrected chi connectivity index (χ1v) is 16.2. The number of ether oxygens (including phenoxy) is 3. The van der Waals surface area contributed by atoms with Crippen LogP contribution in [0.15, 0.2) is 100 Å². The van der Waals surface area contributed by atoms with Gasteiger partial charge in [-0.3, -0.25) is 4.79 Å². The number of carbonyl (C=O) groups is 1. The lowest BCUT2D eigenvalue weighted by Gasteiger charge is -2.29. The highest BCUT2D eigenvalue weighted by molar-refractivity contribution is 7.89. The molecule has 2 aromatic heterocycles. The Kier molecular flexibility index (Phi) is 9.35. The average Bonchev–Trinajstić information content (AvgIpc) is 3.71. The van der Waals surface area contributed by atoms with Crippen molar-refractivity contribution in [3.63, 3.8) is 0 Å². The Hall–Kier alpha value is -4.69. The van der Waals surface area contributed by atoms with Gasteiger partial charge in [-0.05, 0) is 48.5 Å². The van der Waals surface area contributed by atoms with E-state index in [1.54, 1.807) is 24.5 Å². The van der Waals surface area contributed by atoms with E-state index < -0.39 is 22.2 Å². The molecule has 240 valence electrons. The monoisotopic (exact) mass is 646 g/mol. The van der Waals surface area contributed by atoms with Crippen LogP contribution in [0, 0.1) is 0 Å². The summed E-state index contributed by atoms with van der Waals surface area (Å²) in [6.07, 6.45) is 2.91. The summed E-state index contributed by atoms with van der Waals surface area (Å²) in [4.78, 5) is 21.1. The van der Waals surface area contributed by atoms with E-state index in [4.69, 9.17) is 18.6 Å². The molecule has 1 amide bonds. The number of hydrogen-bond donors (Lipinski definition) is 3. The van der Waals surface area contributed by atoms with Crippen LogP contribution in [0.3, 0.4) is 0 Å². The highest BCUT2D eigenvalue weighted by atomic mass is 32.2. The van der Waals surface area contributed by atoms with Gasteiger partial charge in [-0.15, -0.1) is 0 Å². The fourth-order valence-corrected chi connectivity index (χ4v) is 6.82. The molecule has 13 heteroatoms. The number of benzene rings is 3. The van der Waals surface area contributed by atoms with Crippen molar-refractivity contribution in [3.05, 3.63) is 102 Å². The summed E-state index contributed by atoms with van der Waals surface area (Å²) in [5.74, 6) is 0.455. The number of imidazole rings is 1. The number of fused-ring (bicyclic) bond motifs is 2. The van der Waals surface area contributed by atoms with Crippen LogP contribution in [0.2, 0.25) is 0 Å². The Labute approximate surface area is 265 Å². The van der Waals surface area contributed by atoms with Crippen molar-refractivity contribution in [3.8, 4) is 5.75 Å². The maximum absolute atomic E-state index is 13.4. The van der Waals surface area contributed by atoms with Gasteiger partial charge in [-0.1, -0.05) is 30.3 Å². The number of aromatic nitrogens is 2. The average molecular weight is 647 g/mol. The zero-order valence-electron chi connectivity index (χ0n) is 25.1. The number of aliphatic hydroxyl groups excluding tert-OH is 1. The topological polar surface area (TPSA) is 156 Å². The molecule has 6 rings (SSSR count). The minimum Gasteiger partial charge on any atom is -0.497 e. The predicted octanol–water partition coefficient (Wildman–Crippen LogP) is 4.05. The third-order valence-electron chi connectivity index (χ3n) is 7.74. The van der Waals surface area contributed by atoms with Gasteiger partial charge in [-0.25, -0.2) is 13.4 Å². The first-order valence-electron chi connectivity index (χ1n) is 14.8. The van der Waals surface area contributed by atoms with E-state index >= 15 is 0 Å². The summed E-state index contributed by atoms with van der Waals surface area (Å²) in [6.45, 7) is -0.442. The van der Waals surface area contributed by atoms with Gasteiger partial charge in [-0.2, -0.15) is 4.31 Å². The fraction of sp³-hybridized carbons (Fsp3) is 0.273. The van der Waals surface area contributed by atoms with E-state index in [-0.39, 0.29) is 49.4 Å². The predicted molar refractivity (Wildman–Crippen MR) is 169 cm³/mol. The van der Waals surface area contributed by atoms with Gasteiger partial charge in [0.1, 0.15) is 17.2 Å². The number of furan rings is 1. The van der Waals surface area contributed by atoms with Gasteiger partial charge in [0.15, 0.2) is 5.76 Å². The molecule has 1 aliphatic heterocycles. The van der Waals surface area contributed by atoms with Crippen molar-refractivity contribution >= 4 is 37.9 Å². The maximum atomic E-state index is 13.4. The molecule has 0 saturated carbocycles. The number of allylic oxidation sites excluding steroid dienone is 1. The van der Waals surface area contributed by atoms with Gasteiger partial charge >= 0.3 is 0 Å². The maximum Gasteiger partial charge on any atom is 0.286 e. The van der Waals surface area contributed by atoms with Crippen LogP contribution in [0.4, 0.5) is 0 Å². The van der Waals surface area contributed by atoms with Gasteiger partial charge in [0, 0.05) is 36.4 Å². The summed E-state index contributed by atoms with van der Waals surface area (Å²) in [5, 5.41) is 13.4. The molecule has 0 radical (unpaired) electrons. The smallest absolute Gasteiger partial charge is 0.286 e. The van der Waals surface area contributed by atoms with E-state index in [1.165, 1.54) is 19.2 Å². The number of aliphatic hydroxyl groups is 1. The Morgan fingerprint density at radius 1 is 1.09 bits per heavy atom. The molecule has 5 aromatic rings. The van der Waals surface area contributed by atoms with Crippen molar-refractivity contribution in [2.45, 2.75) is 30.1 Å². The van der Waals surface area contributed by atoms with Gasteiger partial charge in [0.25, 0.3) is 5.91 Å². The zero-order chi connectivity index (χ0) is 32.1. The van der Waals surface area contributed by atoms with Crippen LogP contribution >= 0.6 is 0 Å². The van der Waals surface area contributed by atoms with E-state index in [1.807, 2.05) is 48.5 Å². The largest absolute Gasteiger partial charge is 0.497 e. The van der Waals surface area contributed by atoms with Crippen LogP contribution < -0.4 is 10.1 Å². The van der Waals surface area contributed by atoms with Crippen molar-refractivity contribution in [1.82, 2.24) is 19.6 Å². The molecule has 0 spiro atoms. The van der Waals surface area contributed by atoms with Crippen LogP contribution in [0.1, 0.15) is 23.7 Å². The number of methoxy groups -OCH3 is 1. The zero-order valence-corrected chi connectivity index (χ0v) is 25.9. The van der Waals surface area contributed by atoms with E-state index in [2.05, 4.69) is 15.3 Å². The Morgan fingerprint density at radius 3 is 2.65 bits per heavy atom. The normalized spacial score (nSPS) is 16.8. The summed E-state index contributed by atoms with van der Waals surface area (Å²) in [7, 11) is -2.43. The fourth-order valence-electron chi connectivity index (χ4n) is 5.41. The summed E-state index contributed by atoms with van der Waals surface area (Å²) < 4.78 is 50.8. The second-order valence-corrected chi connectivity index (χ2v) is 12.6. The SMILES string of the molecule is COc1ccc(S(=O)(=O)N(CCO)CCOC2CC(c3coc4ccccc34)C=C(C(=O)NCc3nc4ccccc4[nH]3)O2)cc1. The molecule has 46 heavy (non-hydrogen) atoms. The molecule has 3 N–H and O–H groups in total. The lowest BCUT2D eigenvalue weighted by atomic mass is 9.92. The van der Waals surface area contributed by atoms with E-state index in [9.17, 15) is 18.3 Å². The lowest BCUT2D eigenvalue weighted by Crippen LogP contribution is -2.38. The number of sulfonamides is 1. The molecule has 0 bridgehead atoms. The van der Waals surface area contributed by atoms with E-state index in [0.29, 0.717) is 23.6 Å². The molecule has 1 aliphatic rings. The number of aromatic amines is 1. The Morgan fingerprint density at radius 2 is 1.87 bits per heavy atom. The van der Waals surface area contributed by atoms with Crippen molar-refractivity contribution in [1.29, 1.82) is 0 Å². The summed E-state index contributed by atoms with van der Waals surface area (Å²) >= 11 is 0. The number of nitrogens with one attached hydrogen (secondary N) is 2. The van der Waals surface area contributed by atoms with Crippen LogP contribution in [0.5, 0.6) is 5.75 Å². The molecule has 0 fully saturated rings. The molecule has 12 nitrogen and oxygen atoms in total. The number of para-hydroxylation sites is 3. The minimum absolute atomic E-state index is 0.0488. The highest BCUT2D eigenvalue weighted by Crippen LogP contribution is 2.36. The molecular weight excluding hydrogens is 612 g/mol. The molecule has 0 aliphatic carbocycles. The number of carbonyl (C=O) groups excluding carboxylic acids is 1. The summed E-state index contributed by atoms with van der Waals surface area (Å²) in [6, 6.07) is 21.2. The first-order chi connectivity index (χ1) is 22.4. The van der Waals surface area contributed by atoms with Crippen LogP contribution in [-0.4, -0.2) is 73.4 Å². The molecular formula is C33H34N4O8S. The Balaban J connectivity index is 1.17. The third-order valence-corrected chi connectivity index (χ3v) is 9.65. The molecule has 3 heterocycles. The van der Waals surface area contributed by atoms with Crippen molar-refractivity contribution < 1.29 is 36.9 Å². The number of nitrogens with zero attached hydrogens (tertiary/aromatic N) is 2. The third kappa shape index (κ3) is 6.77. The quantitative estimate of drug-likeness (QED) is 0.172. The Bertz CT molecular complexity index is 1920. The van der Waals surface area contributed by atoms with Crippen LogP contribution in [-0.2, 0) is 30.8 Å². The lowest BCUT2D eigenvalue weighted by molar-refractivity contribution is -0.146. The van der Waals surface area contributed by atoms with Gasteiger partial charge in [0.2, 0.25) is 16.3 Å².